The standard InChI is InChI=1S/C51H36N2/c1-3-13-39(14-4-1)46-19-7-8-20-47(46)40-26-24-37(25-27-40)38-28-32-44(33-29-38)53(43-17-5-2-6-18-43)45-34-30-41(31-35-45)48-21-11-15-42-16-12-22-49(51(42)48)50-23-9-10-36-52-50/h1-36H. The SMILES string of the molecule is c1ccc(-c2ccccc2-c2ccc(-c3ccc(N(c4ccccc4)c4ccc(-c5cccc6cccc(-c7ccccn7)c56)cc4)cc3)cc2)cc1. The number of rotatable bonds is 8. The number of hydrogen-bond donors (Lipinski definition) is 0. The molecule has 0 saturated carbocycles. The van der Waals surface area contributed by atoms with E-state index in [1.165, 1.54) is 55.3 Å². The van der Waals surface area contributed by atoms with Gasteiger partial charge >= 0.3 is 0 Å². The molecule has 0 radical (unpaired) electrons. The first-order valence-electron chi connectivity index (χ1n) is 18.0. The Bertz CT molecular complexity index is 2610. The zero-order valence-electron chi connectivity index (χ0n) is 29.2. The summed E-state index contributed by atoms with van der Waals surface area (Å²) in [5.74, 6) is 0. The molecule has 2 heteroatoms. The van der Waals surface area contributed by atoms with Crippen LogP contribution in [-0.4, -0.2) is 4.98 Å². The quantitative estimate of drug-likeness (QED) is 0.159. The van der Waals surface area contributed by atoms with Crippen molar-refractivity contribution >= 4 is 27.8 Å². The number of hydrogen-bond acceptors (Lipinski definition) is 2. The fourth-order valence-electron chi connectivity index (χ4n) is 7.38. The van der Waals surface area contributed by atoms with E-state index in [9.17, 15) is 0 Å². The minimum Gasteiger partial charge on any atom is -0.311 e. The van der Waals surface area contributed by atoms with E-state index in [2.05, 4.69) is 210 Å². The van der Waals surface area contributed by atoms with E-state index in [0.29, 0.717) is 0 Å². The van der Waals surface area contributed by atoms with Crippen molar-refractivity contribution in [2.24, 2.45) is 0 Å². The summed E-state index contributed by atoms with van der Waals surface area (Å²) in [5.41, 5.74) is 15.1. The molecule has 0 saturated heterocycles. The van der Waals surface area contributed by atoms with Crippen molar-refractivity contribution in [3.05, 3.63) is 219 Å². The van der Waals surface area contributed by atoms with E-state index in [-0.39, 0.29) is 0 Å². The Morgan fingerprint density at radius 1 is 0.283 bits per heavy atom. The molecule has 0 fully saturated rings. The molecule has 53 heavy (non-hydrogen) atoms. The van der Waals surface area contributed by atoms with E-state index in [0.717, 1.165) is 28.3 Å². The summed E-state index contributed by atoms with van der Waals surface area (Å²) in [7, 11) is 0. The molecule has 1 aromatic heterocycles. The number of nitrogens with zero attached hydrogens (tertiary/aromatic N) is 2. The fraction of sp³-hybridized carbons (Fsp3) is 0. The molecule has 1 heterocycles. The molecular formula is C51H36N2. The lowest BCUT2D eigenvalue weighted by Crippen LogP contribution is -2.09. The molecule has 2 nitrogen and oxygen atoms in total. The highest BCUT2D eigenvalue weighted by Gasteiger charge is 2.15. The molecule has 250 valence electrons. The molecule has 0 unspecified atom stereocenters. The number of para-hydroxylation sites is 1. The molecule has 9 rings (SSSR count). The van der Waals surface area contributed by atoms with Gasteiger partial charge in [0.15, 0.2) is 0 Å². The molecule has 0 aliphatic heterocycles. The van der Waals surface area contributed by atoms with Gasteiger partial charge in [-0.2, -0.15) is 0 Å². The van der Waals surface area contributed by atoms with Gasteiger partial charge in [0.2, 0.25) is 0 Å². The zero-order chi connectivity index (χ0) is 35.4. The predicted molar refractivity (Wildman–Crippen MR) is 224 cm³/mol. The summed E-state index contributed by atoms with van der Waals surface area (Å²) in [6.07, 6.45) is 1.86. The highest BCUT2D eigenvalue weighted by Crippen LogP contribution is 2.40. The average Bonchev–Trinajstić information content (AvgIpc) is 3.25. The largest absolute Gasteiger partial charge is 0.311 e. The molecule has 0 bridgehead atoms. The van der Waals surface area contributed by atoms with Crippen molar-refractivity contribution in [1.29, 1.82) is 0 Å². The smallest absolute Gasteiger partial charge is 0.0708 e. The summed E-state index contributed by atoms with van der Waals surface area (Å²) in [6.45, 7) is 0. The summed E-state index contributed by atoms with van der Waals surface area (Å²) in [6, 6.07) is 75.7. The molecule has 0 amide bonds. The van der Waals surface area contributed by atoms with Crippen LogP contribution in [0.25, 0.3) is 66.5 Å². The van der Waals surface area contributed by atoms with Gasteiger partial charge in [0.05, 0.1) is 5.69 Å². The third kappa shape index (κ3) is 6.39. The van der Waals surface area contributed by atoms with E-state index in [1.54, 1.807) is 0 Å². The maximum atomic E-state index is 4.69. The Balaban J connectivity index is 1.03. The lowest BCUT2D eigenvalue weighted by Gasteiger charge is -2.26. The van der Waals surface area contributed by atoms with E-state index >= 15 is 0 Å². The van der Waals surface area contributed by atoms with Crippen molar-refractivity contribution in [3.63, 3.8) is 0 Å². The van der Waals surface area contributed by atoms with Crippen molar-refractivity contribution < 1.29 is 0 Å². The van der Waals surface area contributed by atoms with Gasteiger partial charge in [0, 0.05) is 28.8 Å². The van der Waals surface area contributed by atoms with Gasteiger partial charge in [0.1, 0.15) is 0 Å². The number of aromatic nitrogens is 1. The molecule has 0 atom stereocenters. The minimum absolute atomic E-state index is 0.977. The topological polar surface area (TPSA) is 16.1 Å². The van der Waals surface area contributed by atoms with Crippen LogP contribution < -0.4 is 4.90 Å². The first kappa shape index (κ1) is 31.9. The number of fused-ring (bicyclic) bond motifs is 1. The van der Waals surface area contributed by atoms with Crippen LogP contribution in [0.5, 0.6) is 0 Å². The third-order valence-electron chi connectivity index (χ3n) is 9.96. The first-order chi connectivity index (χ1) is 26.3. The van der Waals surface area contributed by atoms with Crippen LogP contribution in [0, 0.1) is 0 Å². The Morgan fingerprint density at radius 2 is 0.717 bits per heavy atom. The Kier molecular flexibility index (Phi) is 8.61. The van der Waals surface area contributed by atoms with Crippen LogP contribution in [-0.2, 0) is 0 Å². The van der Waals surface area contributed by atoms with Crippen molar-refractivity contribution in [1.82, 2.24) is 4.98 Å². The van der Waals surface area contributed by atoms with Gasteiger partial charge in [-0.25, -0.2) is 0 Å². The molecule has 9 aromatic rings. The maximum absolute atomic E-state index is 4.69. The minimum atomic E-state index is 0.977. The van der Waals surface area contributed by atoms with Crippen molar-refractivity contribution in [2.45, 2.75) is 0 Å². The number of pyridine rings is 1. The van der Waals surface area contributed by atoms with Gasteiger partial charge in [-0.3, -0.25) is 4.98 Å². The molecular weight excluding hydrogens is 641 g/mol. The fourth-order valence-corrected chi connectivity index (χ4v) is 7.38. The second kappa shape index (κ2) is 14.3. The number of benzene rings is 8. The Morgan fingerprint density at radius 3 is 1.32 bits per heavy atom. The summed E-state index contributed by atoms with van der Waals surface area (Å²) in [5, 5.41) is 2.41. The highest BCUT2D eigenvalue weighted by atomic mass is 15.1. The molecule has 0 spiro atoms. The lowest BCUT2D eigenvalue weighted by molar-refractivity contribution is 1.28. The van der Waals surface area contributed by atoms with E-state index in [1.807, 2.05) is 18.3 Å². The van der Waals surface area contributed by atoms with Crippen LogP contribution in [0.1, 0.15) is 0 Å². The van der Waals surface area contributed by atoms with E-state index in [4.69, 9.17) is 0 Å². The van der Waals surface area contributed by atoms with Crippen molar-refractivity contribution in [2.75, 3.05) is 4.90 Å². The lowest BCUT2D eigenvalue weighted by atomic mass is 9.93. The zero-order valence-corrected chi connectivity index (χ0v) is 29.2. The molecule has 8 aromatic carbocycles. The Labute approximate surface area is 310 Å². The van der Waals surface area contributed by atoms with Gasteiger partial charge in [0.25, 0.3) is 0 Å². The van der Waals surface area contributed by atoms with Gasteiger partial charge in [-0.15, -0.1) is 0 Å². The van der Waals surface area contributed by atoms with Crippen molar-refractivity contribution in [3.8, 4) is 55.8 Å². The maximum Gasteiger partial charge on any atom is 0.0708 e. The second-order valence-electron chi connectivity index (χ2n) is 13.2. The van der Waals surface area contributed by atoms with Crippen LogP contribution in [0.15, 0.2) is 219 Å². The van der Waals surface area contributed by atoms with Gasteiger partial charge in [-0.1, -0.05) is 164 Å². The third-order valence-corrected chi connectivity index (χ3v) is 9.96. The van der Waals surface area contributed by atoms with Crippen LogP contribution in [0.4, 0.5) is 17.1 Å². The van der Waals surface area contributed by atoms with Crippen LogP contribution >= 0.6 is 0 Å². The molecule has 0 N–H and O–H groups in total. The average molecular weight is 677 g/mol. The summed E-state index contributed by atoms with van der Waals surface area (Å²) in [4.78, 5) is 7.01. The predicted octanol–water partition coefficient (Wildman–Crippen LogP) is 14.0. The van der Waals surface area contributed by atoms with Gasteiger partial charge < -0.3 is 4.90 Å². The summed E-state index contributed by atoms with van der Waals surface area (Å²) >= 11 is 0. The molecule has 0 aliphatic rings. The first-order valence-corrected chi connectivity index (χ1v) is 18.0. The normalized spacial score (nSPS) is 11.0. The highest BCUT2D eigenvalue weighted by molar-refractivity contribution is 6.06. The second-order valence-corrected chi connectivity index (χ2v) is 13.2. The summed E-state index contributed by atoms with van der Waals surface area (Å²) < 4.78 is 0. The van der Waals surface area contributed by atoms with Gasteiger partial charge in [-0.05, 0) is 104 Å². The monoisotopic (exact) mass is 676 g/mol. The number of anilines is 3. The van der Waals surface area contributed by atoms with E-state index < -0.39 is 0 Å². The van der Waals surface area contributed by atoms with Crippen LogP contribution in [0.3, 0.4) is 0 Å². The Hall–Kier alpha value is -7.03. The van der Waals surface area contributed by atoms with Crippen LogP contribution in [0.2, 0.25) is 0 Å². The molecule has 0 aliphatic carbocycles.